The highest BCUT2D eigenvalue weighted by Gasteiger charge is 2.13. The van der Waals surface area contributed by atoms with Gasteiger partial charge in [-0.05, 0) is 18.1 Å². The van der Waals surface area contributed by atoms with E-state index < -0.39 is 0 Å². The van der Waals surface area contributed by atoms with Crippen molar-refractivity contribution in [3.63, 3.8) is 0 Å². The summed E-state index contributed by atoms with van der Waals surface area (Å²) >= 11 is 0. The number of hydrogen-bond acceptors (Lipinski definition) is 2. The van der Waals surface area contributed by atoms with Crippen LogP contribution in [0.3, 0.4) is 0 Å². The van der Waals surface area contributed by atoms with E-state index in [1.807, 2.05) is 13.0 Å². The average molecular weight is 194 g/mol. The maximum absolute atomic E-state index is 11.6. The van der Waals surface area contributed by atoms with Crippen LogP contribution >= 0.6 is 0 Å². The molecule has 0 aliphatic rings. The maximum atomic E-state index is 11.6. The van der Waals surface area contributed by atoms with Gasteiger partial charge in [0, 0.05) is 12.8 Å². The van der Waals surface area contributed by atoms with E-state index in [0.29, 0.717) is 18.1 Å². The first-order chi connectivity index (χ1) is 6.67. The van der Waals surface area contributed by atoms with Gasteiger partial charge in [0.1, 0.15) is 5.76 Å². The number of ketones is 1. The lowest BCUT2D eigenvalue weighted by Gasteiger charge is -2.04. The molecule has 1 heterocycles. The van der Waals surface area contributed by atoms with Crippen molar-refractivity contribution >= 4 is 5.78 Å². The molecule has 0 spiro atoms. The molecule has 2 heteroatoms. The molecule has 1 atom stereocenters. The van der Waals surface area contributed by atoms with Crippen molar-refractivity contribution < 1.29 is 9.21 Å². The Kier molecular flexibility index (Phi) is 3.93. The zero-order valence-electron chi connectivity index (χ0n) is 9.17. The second kappa shape index (κ2) is 4.99. The normalized spacial score (nSPS) is 12.8. The Hall–Kier alpha value is -1.05. The molecule has 0 bridgehead atoms. The van der Waals surface area contributed by atoms with Gasteiger partial charge in [-0.1, -0.05) is 27.2 Å². The van der Waals surface area contributed by atoms with Crippen molar-refractivity contribution in [1.82, 2.24) is 0 Å². The van der Waals surface area contributed by atoms with Gasteiger partial charge in [-0.3, -0.25) is 4.79 Å². The number of aryl methyl sites for hydroxylation is 1. The van der Waals surface area contributed by atoms with Crippen LogP contribution in [-0.2, 0) is 6.42 Å². The van der Waals surface area contributed by atoms with Crippen LogP contribution in [0.15, 0.2) is 16.5 Å². The summed E-state index contributed by atoms with van der Waals surface area (Å²) in [5.41, 5.74) is 0. The standard InChI is InChI=1S/C12H18O2/c1-4-9(3)8-11(13)12-7-6-10(5-2)14-12/h6-7,9H,4-5,8H2,1-3H3. The van der Waals surface area contributed by atoms with E-state index >= 15 is 0 Å². The molecule has 0 N–H and O–H groups in total. The number of rotatable bonds is 5. The van der Waals surface area contributed by atoms with Crippen molar-refractivity contribution in [2.45, 2.75) is 40.0 Å². The van der Waals surface area contributed by atoms with Crippen molar-refractivity contribution in [2.75, 3.05) is 0 Å². The minimum absolute atomic E-state index is 0.124. The SMILES string of the molecule is CCc1ccc(C(=O)CC(C)CC)o1. The number of hydrogen-bond donors (Lipinski definition) is 0. The van der Waals surface area contributed by atoms with Crippen LogP contribution in [0.5, 0.6) is 0 Å². The first kappa shape index (κ1) is 11.0. The summed E-state index contributed by atoms with van der Waals surface area (Å²) in [5.74, 6) is 1.97. The quantitative estimate of drug-likeness (QED) is 0.672. The van der Waals surface area contributed by atoms with Gasteiger partial charge in [-0.2, -0.15) is 0 Å². The molecule has 1 unspecified atom stereocenters. The van der Waals surface area contributed by atoms with Crippen LogP contribution in [0.25, 0.3) is 0 Å². The largest absolute Gasteiger partial charge is 0.458 e. The van der Waals surface area contributed by atoms with E-state index in [-0.39, 0.29) is 5.78 Å². The molecular weight excluding hydrogens is 176 g/mol. The van der Waals surface area contributed by atoms with Crippen molar-refractivity contribution in [3.05, 3.63) is 23.7 Å². The Morgan fingerprint density at radius 2 is 2.14 bits per heavy atom. The molecular formula is C12H18O2. The number of furan rings is 1. The summed E-state index contributed by atoms with van der Waals surface area (Å²) in [6.45, 7) is 6.20. The molecule has 0 radical (unpaired) electrons. The van der Waals surface area contributed by atoms with E-state index in [4.69, 9.17) is 4.42 Å². The van der Waals surface area contributed by atoms with E-state index in [9.17, 15) is 4.79 Å². The second-order valence-electron chi connectivity index (χ2n) is 3.76. The van der Waals surface area contributed by atoms with Gasteiger partial charge in [0.2, 0.25) is 0 Å². The Morgan fingerprint density at radius 3 is 2.64 bits per heavy atom. The highest BCUT2D eigenvalue weighted by molar-refractivity contribution is 5.93. The summed E-state index contributed by atoms with van der Waals surface area (Å²) < 4.78 is 5.39. The van der Waals surface area contributed by atoms with E-state index in [2.05, 4.69) is 13.8 Å². The minimum atomic E-state index is 0.124. The highest BCUT2D eigenvalue weighted by atomic mass is 16.3. The molecule has 1 aromatic heterocycles. The van der Waals surface area contributed by atoms with Crippen LogP contribution in [0, 0.1) is 5.92 Å². The average Bonchev–Trinajstić information content (AvgIpc) is 2.65. The van der Waals surface area contributed by atoms with Crippen LogP contribution in [0.4, 0.5) is 0 Å². The molecule has 0 saturated carbocycles. The molecule has 0 aliphatic heterocycles. The van der Waals surface area contributed by atoms with Gasteiger partial charge in [0.25, 0.3) is 0 Å². The van der Waals surface area contributed by atoms with Crippen LogP contribution in [-0.4, -0.2) is 5.78 Å². The summed E-state index contributed by atoms with van der Waals surface area (Å²) in [6.07, 6.45) is 2.47. The molecule has 0 saturated heterocycles. The Morgan fingerprint density at radius 1 is 1.43 bits per heavy atom. The lowest BCUT2D eigenvalue weighted by Crippen LogP contribution is -2.04. The number of carbonyl (C=O) groups excluding carboxylic acids is 1. The van der Waals surface area contributed by atoms with Gasteiger partial charge in [0.05, 0.1) is 0 Å². The lowest BCUT2D eigenvalue weighted by molar-refractivity contribution is 0.0935. The van der Waals surface area contributed by atoms with E-state index in [1.54, 1.807) is 6.07 Å². The maximum Gasteiger partial charge on any atom is 0.198 e. The van der Waals surface area contributed by atoms with Crippen LogP contribution in [0.1, 0.15) is 49.9 Å². The van der Waals surface area contributed by atoms with Crippen molar-refractivity contribution in [1.29, 1.82) is 0 Å². The molecule has 0 amide bonds. The smallest absolute Gasteiger partial charge is 0.198 e. The van der Waals surface area contributed by atoms with Crippen molar-refractivity contribution in [3.8, 4) is 0 Å². The predicted molar refractivity (Wildman–Crippen MR) is 56.5 cm³/mol. The van der Waals surface area contributed by atoms with Crippen LogP contribution in [0.2, 0.25) is 0 Å². The van der Waals surface area contributed by atoms with Gasteiger partial charge in [0.15, 0.2) is 11.5 Å². The summed E-state index contributed by atoms with van der Waals surface area (Å²) in [5, 5.41) is 0. The first-order valence-corrected chi connectivity index (χ1v) is 5.29. The Balaban J connectivity index is 2.60. The van der Waals surface area contributed by atoms with Gasteiger partial charge >= 0.3 is 0 Å². The predicted octanol–water partition coefficient (Wildman–Crippen LogP) is 3.46. The number of carbonyl (C=O) groups is 1. The van der Waals surface area contributed by atoms with Crippen molar-refractivity contribution in [2.24, 2.45) is 5.92 Å². The lowest BCUT2D eigenvalue weighted by atomic mass is 10.0. The summed E-state index contributed by atoms with van der Waals surface area (Å²) in [6, 6.07) is 3.66. The van der Waals surface area contributed by atoms with Gasteiger partial charge in [-0.15, -0.1) is 0 Å². The fourth-order valence-electron chi connectivity index (χ4n) is 1.28. The van der Waals surface area contributed by atoms with Gasteiger partial charge < -0.3 is 4.42 Å². The molecule has 14 heavy (non-hydrogen) atoms. The molecule has 0 aliphatic carbocycles. The molecule has 1 rings (SSSR count). The monoisotopic (exact) mass is 194 g/mol. The summed E-state index contributed by atoms with van der Waals surface area (Å²) in [4.78, 5) is 11.6. The van der Waals surface area contributed by atoms with E-state index in [0.717, 1.165) is 18.6 Å². The Bertz CT molecular complexity index is 299. The third kappa shape index (κ3) is 2.72. The first-order valence-electron chi connectivity index (χ1n) is 5.29. The minimum Gasteiger partial charge on any atom is -0.458 e. The molecule has 78 valence electrons. The fraction of sp³-hybridized carbons (Fsp3) is 0.583. The summed E-state index contributed by atoms with van der Waals surface area (Å²) in [7, 11) is 0. The van der Waals surface area contributed by atoms with Gasteiger partial charge in [-0.25, -0.2) is 0 Å². The van der Waals surface area contributed by atoms with E-state index in [1.165, 1.54) is 0 Å². The highest BCUT2D eigenvalue weighted by Crippen LogP contribution is 2.15. The zero-order valence-corrected chi connectivity index (χ0v) is 9.17. The molecule has 0 aromatic carbocycles. The topological polar surface area (TPSA) is 30.2 Å². The second-order valence-corrected chi connectivity index (χ2v) is 3.76. The third-order valence-electron chi connectivity index (χ3n) is 2.52. The third-order valence-corrected chi connectivity index (χ3v) is 2.52. The number of Topliss-reactive ketones (excluding diaryl/α,β-unsaturated/α-hetero) is 1. The van der Waals surface area contributed by atoms with Crippen LogP contribution < -0.4 is 0 Å². The molecule has 1 aromatic rings. The zero-order chi connectivity index (χ0) is 10.6. The Labute approximate surface area is 85.3 Å². The molecule has 0 fully saturated rings. The fourth-order valence-corrected chi connectivity index (χ4v) is 1.28. The molecule has 2 nitrogen and oxygen atoms in total.